The van der Waals surface area contributed by atoms with Gasteiger partial charge in [0.1, 0.15) is 0 Å². The summed E-state index contributed by atoms with van der Waals surface area (Å²) >= 11 is 0. The number of hydrogen-bond acceptors (Lipinski definition) is 4. The SMILES string of the molecule is O=C(/C=C/c1cccc([N+](=O)[O-])c1)NCCCCCO. The van der Waals surface area contributed by atoms with E-state index in [4.69, 9.17) is 5.11 Å². The van der Waals surface area contributed by atoms with E-state index in [1.165, 1.54) is 24.3 Å². The zero-order chi connectivity index (χ0) is 14.8. The van der Waals surface area contributed by atoms with Gasteiger partial charge in [0.25, 0.3) is 5.69 Å². The van der Waals surface area contributed by atoms with Crippen LogP contribution in [0.2, 0.25) is 0 Å². The molecule has 1 aromatic rings. The zero-order valence-electron chi connectivity index (χ0n) is 11.1. The number of nitrogens with zero attached hydrogens (tertiary/aromatic N) is 1. The fraction of sp³-hybridized carbons (Fsp3) is 0.357. The Morgan fingerprint density at radius 3 is 2.85 bits per heavy atom. The van der Waals surface area contributed by atoms with Gasteiger partial charge in [-0.25, -0.2) is 0 Å². The number of aliphatic hydroxyl groups excluding tert-OH is 1. The quantitative estimate of drug-likeness (QED) is 0.329. The average Bonchev–Trinajstić information content (AvgIpc) is 2.45. The van der Waals surface area contributed by atoms with Crippen LogP contribution in [-0.2, 0) is 4.79 Å². The number of unbranched alkanes of at least 4 members (excludes halogenated alkanes) is 2. The topological polar surface area (TPSA) is 92.5 Å². The molecular weight excluding hydrogens is 260 g/mol. The van der Waals surface area contributed by atoms with Gasteiger partial charge in [0, 0.05) is 31.4 Å². The summed E-state index contributed by atoms with van der Waals surface area (Å²) in [6.07, 6.45) is 5.31. The number of hydrogen-bond donors (Lipinski definition) is 2. The van der Waals surface area contributed by atoms with Crippen LogP contribution < -0.4 is 5.32 Å². The smallest absolute Gasteiger partial charge is 0.270 e. The summed E-state index contributed by atoms with van der Waals surface area (Å²) < 4.78 is 0. The zero-order valence-corrected chi connectivity index (χ0v) is 11.1. The summed E-state index contributed by atoms with van der Waals surface area (Å²) in [6, 6.07) is 6.08. The first-order chi connectivity index (χ1) is 9.63. The van der Waals surface area contributed by atoms with Crippen LogP contribution in [0.3, 0.4) is 0 Å². The number of nitro groups is 1. The second-order valence-corrected chi connectivity index (χ2v) is 4.26. The molecule has 0 heterocycles. The molecule has 20 heavy (non-hydrogen) atoms. The summed E-state index contributed by atoms with van der Waals surface area (Å²) in [5.74, 6) is -0.236. The molecule has 0 aliphatic heterocycles. The van der Waals surface area contributed by atoms with Crippen molar-refractivity contribution in [1.29, 1.82) is 0 Å². The third-order valence-electron chi connectivity index (χ3n) is 2.64. The number of nitro benzene ring substituents is 1. The number of rotatable bonds is 8. The molecule has 0 radical (unpaired) electrons. The van der Waals surface area contributed by atoms with Crippen LogP contribution in [0.4, 0.5) is 5.69 Å². The Morgan fingerprint density at radius 1 is 1.35 bits per heavy atom. The lowest BCUT2D eigenvalue weighted by atomic mass is 10.2. The van der Waals surface area contributed by atoms with E-state index in [-0.39, 0.29) is 18.2 Å². The number of carbonyl (C=O) groups excluding carboxylic acids is 1. The van der Waals surface area contributed by atoms with E-state index < -0.39 is 4.92 Å². The molecular formula is C14H18N2O4. The van der Waals surface area contributed by atoms with Gasteiger partial charge in [-0.3, -0.25) is 14.9 Å². The fourth-order valence-electron chi connectivity index (χ4n) is 1.60. The second kappa shape index (κ2) is 8.82. The van der Waals surface area contributed by atoms with Crippen molar-refractivity contribution in [2.75, 3.05) is 13.2 Å². The standard InChI is InChI=1S/C14H18N2O4/c17-10-3-1-2-9-15-14(18)8-7-12-5-4-6-13(11-12)16(19)20/h4-8,11,17H,1-3,9-10H2,(H,15,18)/b8-7+. The molecule has 0 aromatic heterocycles. The molecule has 2 N–H and O–H groups in total. The molecule has 0 aliphatic carbocycles. The molecule has 1 aromatic carbocycles. The van der Waals surface area contributed by atoms with Crippen LogP contribution in [0.5, 0.6) is 0 Å². The van der Waals surface area contributed by atoms with Crippen molar-refractivity contribution in [2.45, 2.75) is 19.3 Å². The first-order valence-corrected chi connectivity index (χ1v) is 6.44. The maximum absolute atomic E-state index is 11.5. The highest BCUT2D eigenvalue weighted by molar-refractivity contribution is 5.91. The molecule has 1 amide bonds. The Morgan fingerprint density at radius 2 is 2.15 bits per heavy atom. The summed E-state index contributed by atoms with van der Waals surface area (Å²) in [5.41, 5.74) is 0.603. The molecule has 1 rings (SSSR count). The van der Waals surface area contributed by atoms with Crippen molar-refractivity contribution in [1.82, 2.24) is 5.32 Å². The highest BCUT2D eigenvalue weighted by Crippen LogP contribution is 2.13. The van der Waals surface area contributed by atoms with Crippen LogP contribution in [0.25, 0.3) is 6.08 Å². The summed E-state index contributed by atoms with van der Waals surface area (Å²) in [7, 11) is 0. The van der Waals surface area contributed by atoms with Gasteiger partial charge in [0.15, 0.2) is 0 Å². The number of amides is 1. The third kappa shape index (κ3) is 6.10. The lowest BCUT2D eigenvalue weighted by molar-refractivity contribution is -0.384. The minimum Gasteiger partial charge on any atom is -0.396 e. The Balaban J connectivity index is 2.41. The number of non-ortho nitro benzene ring substituents is 1. The monoisotopic (exact) mass is 278 g/mol. The summed E-state index contributed by atoms with van der Waals surface area (Å²) in [4.78, 5) is 21.6. The molecule has 0 bridgehead atoms. The molecule has 0 saturated carbocycles. The molecule has 0 spiro atoms. The van der Waals surface area contributed by atoms with Gasteiger partial charge < -0.3 is 10.4 Å². The van der Waals surface area contributed by atoms with Gasteiger partial charge in [-0.1, -0.05) is 12.1 Å². The van der Waals surface area contributed by atoms with Gasteiger partial charge in [0.2, 0.25) is 5.91 Å². The number of benzene rings is 1. The first kappa shape index (κ1) is 15.8. The van der Waals surface area contributed by atoms with E-state index in [0.29, 0.717) is 12.1 Å². The Bertz CT molecular complexity index is 486. The Kier molecular flexibility index (Phi) is 6.99. The van der Waals surface area contributed by atoms with Crippen molar-refractivity contribution in [3.8, 4) is 0 Å². The van der Waals surface area contributed by atoms with Gasteiger partial charge in [0.05, 0.1) is 4.92 Å². The molecule has 6 nitrogen and oxygen atoms in total. The van der Waals surface area contributed by atoms with Crippen LogP contribution in [0.1, 0.15) is 24.8 Å². The van der Waals surface area contributed by atoms with Crippen molar-refractivity contribution >= 4 is 17.7 Å². The van der Waals surface area contributed by atoms with Crippen molar-refractivity contribution in [2.24, 2.45) is 0 Å². The second-order valence-electron chi connectivity index (χ2n) is 4.26. The predicted octanol–water partition coefficient (Wildman–Crippen LogP) is 1.89. The summed E-state index contributed by atoms with van der Waals surface area (Å²) in [5, 5.41) is 21.9. The lowest BCUT2D eigenvalue weighted by Crippen LogP contribution is -2.22. The van der Waals surface area contributed by atoms with E-state index in [1.807, 2.05) is 0 Å². The van der Waals surface area contributed by atoms with Gasteiger partial charge in [-0.05, 0) is 30.9 Å². The van der Waals surface area contributed by atoms with Crippen LogP contribution in [-0.4, -0.2) is 29.1 Å². The van der Waals surface area contributed by atoms with Gasteiger partial charge >= 0.3 is 0 Å². The molecule has 108 valence electrons. The van der Waals surface area contributed by atoms with Crippen molar-refractivity contribution in [3.63, 3.8) is 0 Å². The largest absolute Gasteiger partial charge is 0.396 e. The van der Waals surface area contributed by atoms with Gasteiger partial charge in [-0.2, -0.15) is 0 Å². The van der Waals surface area contributed by atoms with Crippen LogP contribution in [0, 0.1) is 10.1 Å². The Hall–Kier alpha value is -2.21. The molecule has 0 saturated heterocycles. The van der Waals surface area contributed by atoms with E-state index >= 15 is 0 Å². The average molecular weight is 278 g/mol. The van der Waals surface area contributed by atoms with E-state index in [2.05, 4.69) is 5.32 Å². The highest BCUT2D eigenvalue weighted by atomic mass is 16.6. The highest BCUT2D eigenvalue weighted by Gasteiger charge is 2.03. The van der Waals surface area contributed by atoms with Crippen molar-refractivity contribution in [3.05, 3.63) is 46.0 Å². The number of nitrogens with one attached hydrogen (secondary N) is 1. The normalized spacial score (nSPS) is 10.7. The predicted molar refractivity (Wildman–Crippen MR) is 76.1 cm³/mol. The third-order valence-corrected chi connectivity index (χ3v) is 2.64. The van der Waals surface area contributed by atoms with E-state index in [0.717, 1.165) is 19.3 Å². The molecule has 0 fully saturated rings. The lowest BCUT2D eigenvalue weighted by Gasteiger charge is -2.01. The van der Waals surface area contributed by atoms with E-state index in [1.54, 1.807) is 12.1 Å². The van der Waals surface area contributed by atoms with Crippen LogP contribution in [0.15, 0.2) is 30.3 Å². The minimum atomic E-state index is -0.474. The maximum atomic E-state index is 11.5. The Labute approximate surface area is 117 Å². The summed E-state index contributed by atoms with van der Waals surface area (Å²) in [6.45, 7) is 0.721. The molecule has 0 unspecified atom stereocenters. The van der Waals surface area contributed by atoms with Crippen molar-refractivity contribution < 1.29 is 14.8 Å². The first-order valence-electron chi connectivity index (χ1n) is 6.44. The van der Waals surface area contributed by atoms with Crippen LogP contribution >= 0.6 is 0 Å². The van der Waals surface area contributed by atoms with Gasteiger partial charge in [-0.15, -0.1) is 0 Å². The maximum Gasteiger partial charge on any atom is 0.270 e. The minimum absolute atomic E-state index is 0.00318. The van der Waals surface area contributed by atoms with E-state index in [9.17, 15) is 14.9 Å². The molecule has 0 aliphatic rings. The number of aliphatic hydroxyl groups is 1. The molecule has 6 heteroatoms. The fourth-order valence-corrected chi connectivity index (χ4v) is 1.60. The number of carbonyl (C=O) groups is 1. The molecule has 0 atom stereocenters.